The van der Waals surface area contributed by atoms with Crippen LogP contribution in [0.2, 0.25) is 0 Å². The number of nitrogens with one attached hydrogen (secondary N) is 1. The zero-order chi connectivity index (χ0) is 17.2. The van der Waals surface area contributed by atoms with Crippen LogP contribution < -0.4 is 5.32 Å². The summed E-state index contributed by atoms with van der Waals surface area (Å²) in [5.74, 6) is -0.278. The van der Waals surface area contributed by atoms with Crippen molar-refractivity contribution in [3.63, 3.8) is 0 Å². The summed E-state index contributed by atoms with van der Waals surface area (Å²) in [6.07, 6.45) is -0.0656. The van der Waals surface area contributed by atoms with Crippen molar-refractivity contribution in [1.29, 1.82) is 0 Å². The molecule has 0 fully saturated rings. The Kier molecular flexibility index (Phi) is 4.11. The number of carbonyl (C=O) groups excluding carboxylic acids is 1. The number of carbonyl (C=O) groups is 1. The standard InChI is InChI=1S/C16H12F3N3O2/c17-16(18,19)12-4-1-3-11(7-12)9-22-10-13(8-20-22)21-15(23)14-5-2-6-24-14/h1-8,10H,9H2,(H,21,23). The van der Waals surface area contributed by atoms with E-state index in [1.165, 1.54) is 35.5 Å². The zero-order valence-electron chi connectivity index (χ0n) is 12.2. The molecule has 124 valence electrons. The van der Waals surface area contributed by atoms with E-state index in [9.17, 15) is 18.0 Å². The van der Waals surface area contributed by atoms with E-state index >= 15 is 0 Å². The molecule has 2 heterocycles. The molecule has 2 aromatic heterocycles. The van der Waals surface area contributed by atoms with Gasteiger partial charge in [-0.25, -0.2) is 0 Å². The van der Waals surface area contributed by atoms with Crippen molar-refractivity contribution in [3.05, 3.63) is 71.9 Å². The van der Waals surface area contributed by atoms with E-state index in [1.54, 1.807) is 12.1 Å². The first-order chi connectivity index (χ1) is 11.4. The van der Waals surface area contributed by atoms with E-state index < -0.39 is 17.6 Å². The van der Waals surface area contributed by atoms with Gasteiger partial charge in [-0.3, -0.25) is 9.48 Å². The molecule has 24 heavy (non-hydrogen) atoms. The lowest BCUT2D eigenvalue weighted by Gasteiger charge is -2.08. The molecule has 0 aliphatic heterocycles. The summed E-state index contributed by atoms with van der Waals surface area (Å²) in [4.78, 5) is 11.8. The number of hydrogen-bond donors (Lipinski definition) is 1. The fraction of sp³-hybridized carbons (Fsp3) is 0.125. The average molecular weight is 335 g/mol. The van der Waals surface area contributed by atoms with Gasteiger partial charge in [-0.05, 0) is 29.8 Å². The number of anilines is 1. The lowest BCUT2D eigenvalue weighted by molar-refractivity contribution is -0.137. The van der Waals surface area contributed by atoms with Gasteiger partial charge in [0.2, 0.25) is 0 Å². The molecule has 3 aromatic rings. The number of alkyl halides is 3. The van der Waals surface area contributed by atoms with Crippen molar-refractivity contribution >= 4 is 11.6 Å². The molecule has 8 heteroatoms. The van der Waals surface area contributed by atoms with E-state index in [0.717, 1.165) is 12.1 Å². The summed E-state index contributed by atoms with van der Waals surface area (Å²) in [7, 11) is 0. The molecule has 0 saturated heterocycles. The fourth-order valence-electron chi connectivity index (χ4n) is 2.15. The van der Waals surface area contributed by atoms with E-state index in [4.69, 9.17) is 4.42 Å². The van der Waals surface area contributed by atoms with Gasteiger partial charge < -0.3 is 9.73 Å². The number of rotatable bonds is 4. The number of amides is 1. The molecule has 0 aliphatic carbocycles. The van der Waals surface area contributed by atoms with Gasteiger partial charge in [0.15, 0.2) is 5.76 Å². The Morgan fingerprint density at radius 3 is 2.79 bits per heavy atom. The molecule has 0 radical (unpaired) electrons. The predicted octanol–water partition coefficient (Wildman–Crippen LogP) is 3.80. The monoisotopic (exact) mass is 335 g/mol. The third kappa shape index (κ3) is 3.65. The molecule has 0 aliphatic rings. The molecule has 5 nitrogen and oxygen atoms in total. The normalized spacial score (nSPS) is 11.5. The highest BCUT2D eigenvalue weighted by molar-refractivity contribution is 6.02. The topological polar surface area (TPSA) is 60.1 Å². The quantitative estimate of drug-likeness (QED) is 0.789. The second-order valence-electron chi connectivity index (χ2n) is 5.06. The van der Waals surface area contributed by atoms with Crippen LogP contribution in [-0.2, 0) is 12.7 Å². The van der Waals surface area contributed by atoms with Crippen molar-refractivity contribution in [1.82, 2.24) is 9.78 Å². The van der Waals surface area contributed by atoms with Crippen LogP contribution in [-0.4, -0.2) is 15.7 Å². The molecule has 0 bridgehead atoms. The molecule has 0 saturated carbocycles. The molecule has 0 spiro atoms. The zero-order valence-corrected chi connectivity index (χ0v) is 12.2. The Bertz CT molecular complexity index is 838. The number of hydrogen-bond acceptors (Lipinski definition) is 3. The summed E-state index contributed by atoms with van der Waals surface area (Å²) in [6, 6.07) is 8.12. The van der Waals surface area contributed by atoms with Crippen LogP contribution in [0.5, 0.6) is 0 Å². The SMILES string of the molecule is O=C(Nc1cnn(Cc2cccc(C(F)(F)F)c2)c1)c1ccco1. The third-order valence-electron chi connectivity index (χ3n) is 3.23. The van der Waals surface area contributed by atoms with Crippen molar-refractivity contribution in [2.24, 2.45) is 0 Å². The van der Waals surface area contributed by atoms with Crippen molar-refractivity contribution in [2.75, 3.05) is 5.32 Å². The highest BCUT2D eigenvalue weighted by Crippen LogP contribution is 2.29. The van der Waals surface area contributed by atoms with Crippen molar-refractivity contribution in [3.8, 4) is 0 Å². The van der Waals surface area contributed by atoms with E-state index in [2.05, 4.69) is 10.4 Å². The van der Waals surface area contributed by atoms with Gasteiger partial charge in [-0.2, -0.15) is 18.3 Å². The lowest BCUT2D eigenvalue weighted by Crippen LogP contribution is -2.10. The summed E-state index contributed by atoms with van der Waals surface area (Å²) in [5, 5.41) is 6.62. The highest BCUT2D eigenvalue weighted by atomic mass is 19.4. The van der Waals surface area contributed by atoms with Gasteiger partial charge in [0.1, 0.15) is 0 Å². The highest BCUT2D eigenvalue weighted by Gasteiger charge is 2.30. The van der Waals surface area contributed by atoms with Crippen LogP contribution >= 0.6 is 0 Å². The van der Waals surface area contributed by atoms with Gasteiger partial charge in [-0.1, -0.05) is 12.1 Å². The van der Waals surface area contributed by atoms with Crippen LogP contribution in [0.3, 0.4) is 0 Å². The fourth-order valence-corrected chi connectivity index (χ4v) is 2.15. The van der Waals surface area contributed by atoms with Gasteiger partial charge in [0.05, 0.1) is 30.3 Å². The number of benzene rings is 1. The maximum atomic E-state index is 12.7. The maximum absolute atomic E-state index is 12.7. The van der Waals surface area contributed by atoms with E-state index in [0.29, 0.717) is 11.3 Å². The Hall–Kier alpha value is -3.03. The summed E-state index contributed by atoms with van der Waals surface area (Å²) in [5.41, 5.74) is 0.165. The number of halogens is 3. The first-order valence-electron chi connectivity index (χ1n) is 6.95. The minimum atomic E-state index is -4.39. The van der Waals surface area contributed by atoms with E-state index in [1.807, 2.05) is 0 Å². The van der Waals surface area contributed by atoms with Crippen LogP contribution in [0, 0.1) is 0 Å². The smallest absolute Gasteiger partial charge is 0.416 e. The molecular formula is C16H12F3N3O2. The number of aromatic nitrogens is 2. The van der Waals surface area contributed by atoms with Crippen molar-refractivity contribution in [2.45, 2.75) is 12.7 Å². The van der Waals surface area contributed by atoms with Crippen LogP contribution in [0.1, 0.15) is 21.7 Å². The Balaban J connectivity index is 1.69. The Morgan fingerprint density at radius 2 is 2.08 bits per heavy atom. The molecule has 1 aromatic carbocycles. The molecule has 3 rings (SSSR count). The molecule has 0 atom stereocenters. The number of furan rings is 1. The minimum absolute atomic E-state index is 0.153. The largest absolute Gasteiger partial charge is 0.459 e. The summed E-state index contributed by atoms with van der Waals surface area (Å²) < 4.78 is 44.5. The Labute approximate surface area is 134 Å². The summed E-state index contributed by atoms with van der Waals surface area (Å²) >= 11 is 0. The van der Waals surface area contributed by atoms with Gasteiger partial charge >= 0.3 is 6.18 Å². The van der Waals surface area contributed by atoms with Crippen molar-refractivity contribution < 1.29 is 22.4 Å². The van der Waals surface area contributed by atoms with Crippen LogP contribution in [0.4, 0.5) is 18.9 Å². The average Bonchev–Trinajstić information content (AvgIpc) is 3.18. The van der Waals surface area contributed by atoms with Crippen LogP contribution in [0.25, 0.3) is 0 Å². The maximum Gasteiger partial charge on any atom is 0.416 e. The second-order valence-corrected chi connectivity index (χ2v) is 5.06. The van der Waals surface area contributed by atoms with Gasteiger partial charge in [-0.15, -0.1) is 0 Å². The number of nitrogens with zero attached hydrogens (tertiary/aromatic N) is 2. The van der Waals surface area contributed by atoms with Crippen LogP contribution in [0.15, 0.2) is 59.5 Å². The molecular weight excluding hydrogens is 323 g/mol. The third-order valence-corrected chi connectivity index (χ3v) is 3.23. The van der Waals surface area contributed by atoms with Gasteiger partial charge in [0.25, 0.3) is 5.91 Å². The predicted molar refractivity (Wildman–Crippen MR) is 79.4 cm³/mol. The Morgan fingerprint density at radius 1 is 1.25 bits per heavy atom. The molecule has 0 unspecified atom stereocenters. The first-order valence-corrected chi connectivity index (χ1v) is 6.95. The minimum Gasteiger partial charge on any atom is -0.459 e. The molecule has 1 N–H and O–H groups in total. The summed E-state index contributed by atoms with van der Waals surface area (Å²) in [6.45, 7) is 0.153. The van der Waals surface area contributed by atoms with Gasteiger partial charge in [0, 0.05) is 6.20 Å². The second kappa shape index (κ2) is 6.23. The van der Waals surface area contributed by atoms with E-state index in [-0.39, 0.29) is 12.3 Å². The first kappa shape index (κ1) is 15.9. The lowest BCUT2D eigenvalue weighted by atomic mass is 10.1. The molecule has 1 amide bonds.